The van der Waals surface area contributed by atoms with Crippen LogP contribution in [0, 0.1) is 6.92 Å². The molecule has 0 bridgehead atoms. The Bertz CT molecular complexity index is 911. The minimum atomic E-state index is -0.132. The van der Waals surface area contributed by atoms with Gasteiger partial charge in [0, 0.05) is 30.5 Å². The highest BCUT2D eigenvalue weighted by molar-refractivity contribution is 6.05. The maximum Gasteiger partial charge on any atom is 0.277 e. The molecular formula is C22H24N4O. The van der Waals surface area contributed by atoms with Crippen LogP contribution in [0.3, 0.4) is 0 Å². The van der Waals surface area contributed by atoms with Crippen LogP contribution in [0.5, 0.6) is 0 Å². The Hall–Kier alpha value is -3.21. The molecule has 0 radical (unpaired) electrons. The van der Waals surface area contributed by atoms with Crippen molar-refractivity contribution in [1.29, 1.82) is 0 Å². The van der Waals surface area contributed by atoms with E-state index in [4.69, 9.17) is 0 Å². The quantitative estimate of drug-likeness (QED) is 0.644. The molecular weight excluding hydrogens is 336 g/mol. The Morgan fingerprint density at radius 3 is 2.30 bits per heavy atom. The number of nitrogens with zero attached hydrogens (tertiary/aromatic N) is 4. The number of benzene rings is 2. The summed E-state index contributed by atoms with van der Waals surface area (Å²) >= 11 is 0. The van der Waals surface area contributed by atoms with E-state index in [1.54, 1.807) is 11.0 Å². The summed E-state index contributed by atoms with van der Waals surface area (Å²) in [7, 11) is 0. The number of aryl methyl sites for hydroxylation is 1. The molecule has 1 heterocycles. The zero-order valence-corrected chi connectivity index (χ0v) is 16.0. The molecule has 1 aromatic heterocycles. The molecule has 3 rings (SSSR count). The van der Waals surface area contributed by atoms with Crippen LogP contribution < -0.4 is 9.80 Å². The molecule has 0 aliphatic heterocycles. The summed E-state index contributed by atoms with van der Waals surface area (Å²) in [6.07, 6.45) is 1.46. The fourth-order valence-corrected chi connectivity index (χ4v) is 3.07. The van der Waals surface area contributed by atoms with E-state index < -0.39 is 0 Å². The number of amides is 1. The van der Waals surface area contributed by atoms with E-state index >= 15 is 0 Å². The lowest BCUT2D eigenvalue weighted by Crippen LogP contribution is -2.31. The highest BCUT2D eigenvalue weighted by atomic mass is 16.2. The summed E-state index contributed by atoms with van der Waals surface area (Å²) < 4.78 is 0. The van der Waals surface area contributed by atoms with Crippen molar-refractivity contribution in [3.8, 4) is 0 Å². The number of hydrogen-bond acceptors (Lipinski definition) is 4. The number of hydrogen-bond donors (Lipinski definition) is 0. The molecule has 0 fully saturated rings. The fraction of sp³-hybridized carbons (Fsp3) is 0.227. The van der Waals surface area contributed by atoms with Crippen molar-refractivity contribution in [2.45, 2.75) is 20.8 Å². The van der Waals surface area contributed by atoms with E-state index in [9.17, 15) is 4.79 Å². The molecule has 0 unspecified atom stereocenters. The Morgan fingerprint density at radius 1 is 0.889 bits per heavy atom. The van der Waals surface area contributed by atoms with Gasteiger partial charge in [-0.1, -0.05) is 30.3 Å². The summed E-state index contributed by atoms with van der Waals surface area (Å²) in [6.45, 7) is 7.39. The van der Waals surface area contributed by atoms with Crippen molar-refractivity contribution in [2.24, 2.45) is 0 Å². The van der Waals surface area contributed by atoms with Crippen LogP contribution in [0.4, 0.5) is 17.2 Å². The summed E-state index contributed by atoms with van der Waals surface area (Å²) in [4.78, 5) is 25.5. The lowest BCUT2D eigenvalue weighted by molar-refractivity contribution is 0.0983. The molecule has 0 atom stereocenters. The first-order valence-electron chi connectivity index (χ1n) is 9.17. The summed E-state index contributed by atoms with van der Waals surface area (Å²) in [6, 6.07) is 19.6. The van der Waals surface area contributed by atoms with Gasteiger partial charge in [-0.25, -0.2) is 9.97 Å². The second-order valence-electron chi connectivity index (χ2n) is 6.23. The largest absolute Gasteiger partial charge is 0.327 e. The molecule has 5 heteroatoms. The number of carbonyl (C=O) groups excluding carboxylic acids is 1. The highest BCUT2D eigenvalue weighted by Gasteiger charge is 2.19. The van der Waals surface area contributed by atoms with Gasteiger partial charge in [-0.2, -0.15) is 0 Å². The first-order chi connectivity index (χ1) is 13.1. The topological polar surface area (TPSA) is 49.3 Å². The van der Waals surface area contributed by atoms with Crippen molar-refractivity contribution < 1.29 is 4.79 Å². The minimum absolute atomic E-state index is 0.132. The summed E-state index contributed by atoms with van der Waals surface area (Å²) in [5, 5.41) is 0. The van der Waals surface area contributed by atoms with Crippen molar-refractivity contribution in [1.82, 2.24) is 9.97 Å². The predicted octanol–water partition coefficient (Wildman–Crippen LogP) is 4.61. The van der Waals surface area contributed by atoms with Gasteiger partial charge in [-0.05, 0) is 50.6 Å². The zero-order chi connectivity index (χ0) is 19.2. The van der Waals surface area contributed by atoms with Crippen LogP contribution in [0.15, 0.2) is 67.0 Å². The first-order valence-corrected chi connectivity index (χ1v) is 9.17. The molecule has 0 saturated heterocycles. The number of para-hydroxylation sites is 1. The third kappa shape index (κ3) is 4.14. The SMILES string of the molecule is CCN(C(=O)c1cc(N(CC)c2cccc(C)c2)ncn1)c1ccccc1. The van der Waals surface area contributed by atoms with Gasteiger partial charge in [0.15, 0.2) is 0 Å². The molecule has 0 saturated carbocycles. The molecule has 27 heavy (non-hydrogen) atoms. The number of anilines is 3. The molecule has 138 valence electrons. The maximum atomic E-state index is 13.0. The summed E-state index contributed by atoms with van der Waals surface area (Å²) in [5.41, 5.74) is 3.47. The average molecular weight is 360 g/mol. The van der Waals surface area contributed by atoms with Gasteiger partial charge in [-0.3, -0.25) is 4.79 Å². The Balaban J connectivity index is 1.93. The molecule has 0 aliphatic carbocycles. The third-order valence-electron chi connectivity index (χ3n) is 4.41. The van der Waals surface area contributed by atoms with Gasteiger partial charge < -0.3 is 9.80 Å². The Morgan fingerprint density at radius 2 is 1.63 bits per heavy atom. The van der Waals surface area contributed by atoms with Crippen molar-refractivity contribution in [2.75, 3.05) is 22.9 Å². The third-order valence-corrected chi connectivity index (χ3v) is 4.41. The lowest BCUT2D eigenvalue weighted by atomic mass is 10.2. The average Bonchev–Trinajstić information content (AvgIpc) is 2.70. The predicted molar refractivity (Wildman–Crippen MR) is 110 cm³/mol. The monoisotopic (exact) mass is 360 g/mol. The van der Waals surface area contributed by atoms with Gasteiger partial charge in [0.05, 0.1) is 0 Å². The molecule has 0 N–H and O–H groups in total. The van der Waals surface area contributed by atoms with E-state index in [-0.39, 0.29) is 5.91 Å². The van der Waals surface area contributed by atoms with Crippen LogP contribution in [-0.4, -0.2) is 29.0 Å². The van der Waals surface area contributed by atoms with E-state index in [1.807, 2.05) is 49.4 Å². The van der Waals surface area contributed by atoms with Crippen LogP contribution in [0.2, 0.25) is 0 Å². The Labute approximate surface area is 160 Å². The van der Waals surface area contributed by atoms with Crippen LogP contribution >= 0.6 is 0 Å². The smallest absolute Gasteiger partial charge is 0.277 e. The minimum Gasteiger partial charge on any atom is -0.327 e. The second-order valence-corrected chi connectivity index (χ2v) is 6.23. The van der Waals surface area contributed by atoms with E-state index in [0.29, 0.717) is 18.1 Å². The molecule has 1 amide bonds. The van der Waals surface area contributed by atoms with Gasteiger partial charge in [0.1, 0.15) is 17.8 Å². The van der Waals surface area contributed by atoms with E-state index in [0.717, 1.165) is 17.9 Å². The van der Waals surface area contributed by atoms with Crippen molar-refractivity contribution in [3.63, 3.8) is 0 Å². The Kier molecular flexibility index (Phi) is 5.81. The van der Waals surface area contributed by atoms with Crippen molar-refractivity contribution >= 4 is 23.1 Å². The maximum absolute atomic E-state index is 13.0. The standard InChI is InChI=1S/C22H24N4O/c1-4-25(19-13-9-10-17(3)14-19)21-15-20(23-16-24-21)22(27)26(5-2)18-11-7-6-8-12-18/h6-16H,4-5H2,1-3H3. The van der Waals surface area contributed by atoms with Crippen molar-refractivity contribution in [3.05, 3.63) is 78.2 Å². The van der Waals surface area contributed by atoms with E-state index in [1.165, 1.54) is 11.9 Å². The number of aromatic nitrogens is 2. The van der Waals surface area contributed by atoms with Gasteiger partial charge >= 0.3 is 0 Å². The van der Waals surface area contributed by atoms with Crippen LogP contribution in [0.25, 0.3) is 0 Å². The lowest BCUT2D eigenvalue weighted by Gasteiger charge is -2.24. The normalized spacial score (nSPS) is 10.5. The second kappa shape index (κ2) is 8.45. The summed E-state index contributed by atoms with van der Waals surface area (Å²) in [5.74, 6) is 0.582. The van der Waals surface area contributed by atoms with Gasteiger partial charge in [-0.15, -0.1) is 0 Å². The molecule has 3 aromatic rings. The first kappa shape index (κ1) is 18.6. The van der Waals surface area contributed by atoms with E-state index in [2.05, 4.69) is 40.8 Å². The molecule has 5 nitrogen and oxygen atoms in total. The fourth-order valence-electron chi connectivity index (χ4n) is 3.07. The highest BCUT2D eigenvalue weighted by Crippen LogP contribution is 2.25. The molecule has 0 spiro atoms. The van der Waals surface area contributed by atoms with Gasteiger partial charge in [0.2, 0.25) is 0 Å². The zero-order valence-electron chi connectivity index (χ0n) is 16.0. The van der Waals surface area contributed by atoms with Crippen LogP contribution in [0.1, 0.15) is 29.9 Å². The molecule has 0 aliphatic rings. The van der Waals surface area contributed by atoms with Crippen LogP contribution in [-0.2, 0) is 0 Å². The molecule has 2 aromatic carbocycles. The number of carbonyl (C=O) groups is 1. The number of rotatable bonds is 6. The van der Waals surface area contributed by atoms with Gasteiger partial charge in [0.25, 0.3) is 5.91 Å².